The van der Waals surface area contributed by atoms with Crippen molar-refractivity contribution in [2.75, 3.05) is 0 Å². The van der Waals surface area contributed by atoms with Crippen molar-refractivity contribution in [3.05, 3.63) is 28.5 Å². The van der Waals surface area contributed by atoms with E-state index in [9.17, 15) is 0 Å². The van der Waals surface area contributed by atoms with E-state index < -0.39 is 0 Å². The first kappa shape index (κ1) is 13.6. The number of rotatable bonds is 5. The summed E-state index contributed by atoms with van der Waals surface area (Å²) in [4.78, 5) is 4.17. The molecular weight excluding hydrogens is 270 g/mol. The van der Waals surface area contributed by atoms with Crippen LogP contribution in [-0.4, -0.2) is 17.2 Å². The normalized spacial score (nSPS) is 11.8. The molecule has 0 fully saturated rings. The average Bonchev–Trinajstić information content (AvgIpc) is 2.16. The molecule has 0 spiro atoms. The number of halogens is 1. The van der Waals surface area contributed by atoms with E-state index in [1.807, 2.05) is 39.8 Å². The first-order chi connectivity index (χ1) is 7.49. The molecule has 1 rings (SSSR count). The van der Waals surface area contributed by atoms with Crippen LogP contribution in [0.2, 0.25) is 0 Å². The van der Waals surface area contributed by atoms with E-state index in [1.165, 1.54) is 0 Å². The Morgan fingerprint density at radius 2 is 1.62 bits per heavy atom. The predicted molar refractivity (Wildman–Crippen MR) is 67.1 cm³/mol. The van der Waals surface area contributed by atoms with Crippen LogP contribution in [0.3, 0.4) is 0 Å². The van der Waals surface area contributed by atoms with Crippen molar-refractivity contribution in [3.8, 4) is 0 Å². The molecule has 90 valence electrons. The van der Waals surface area contributed by atoms with Gasteiger partial charge in [0.05, 0.1) is 12.2 Å². The topological polar surface area (TPSA) is 31.4 Å². The van der Waals surface area contributed by atoms with Gasteiger partial charge >= 0.3 is 0 Å². The molecule has 1 aromatic rings. The van der Waals surface area contributed by atoms with Crippen molar-refractivity contribution in [3.63, 3.8) is 0 Å². The van der Waals surface area contributed by atoms with Crippen molar-refractivity contribution < 1.29 is 9.47 Å². The van der Waals surface area contributed by atoms with Crippen LogP contribution in [0, 0.1) is 0 Å². The molecular formula is C12H18BrNO2. The molecule has 0 aromatic carbocycles. The number of pyridine rings is 1. The molecule has 0 unspecified atom stereocenters. The Labute approximate surface area is 105 Å². The average molecular weight is 288 g/mol. The van der Waals surface area contributed by atoms with Crippen LogP contribution in [0.15, 0.2) is 22.9 Å². The van der Waals surface area contributed by atoms with Gasteiger partial charge in [-0.15, -0.1) is 0 Å². The highest BCUT2D eigenvalue weighted by Gasteiger charge is 2.16. The van der Waals surface area contributed by atoms with Gasteiger partial charge in [-0.1, -0.05) is 0 Å². The zero-order valence-electron chi connectivity index (χ0n) is 10.1. The summed E-state index contributed by atoms with van der Waals surface area (Å²) < 4.78 is 12.2. The summed E-state index contributed by atoms with van der Waals surface area (Å²) in [5, 5.41) is 0. The van der Waals surface area contributed by atoms with Gasteiger partial charge in [0.25, 0.3) is 0 Å². The molecule has 1 aromatic heterocycles. The van der Waals surface area contributed by atoms with E-state index in [0.717, 1.165) is 10.2 Å². The van der Waals surface area contributed by atoms with Gasteiger partial charge < -0.3 is 9.47 Å². The van der Waals surface area contributed by atoms with E-state index >= 15 is 0 Å². The van der Waals surface area contributed by atoms with Crippen LogP contribution in [0.1, 0.15) is 39.5 Å². The molecule has 0 radical (unpaired) electrons. The molecule has 0 aliphatic heterocycles. The lowest BCUT2D eigenvalue weighted by Gasteiger charge is -2.23. The lowest BCUT2D eigenvalue weighted by Crippen LogP contribution is -2.17. The maximum absolute atomic E-state index is 5.71. The van der Waals surface area contributed by atoms with Gasteiger partial charge in [-0.25, -0.2) is 4.98 Å². The fourth-order valence-electron chi connectivity index (χ4n) is 1.21. The van der Waals surface area contributed by atoms with Gasteiger partial charge in [0.15, 0.2) is 6.29 Å². The highest BCUT2D eigenvalue weighted by molar-refractivity contribution is 9.10. The Morgan fingerprint density at radius 1 is 1.06 bits per heavy atom. The molecule has 0 N–H and O–H groups in total. The minimum Gasteiger partial charge on any atom is -0.346 e. The molecule has 3 nitrogen and oxygen atoms in total. The van der Waals surface area contributed by atoms with Crippen molar-refractivity contribution >= 4 is 15.9 Å². The van der Waals surface area contributed by atoms with Crippen LogP contribution in [-0.2, 0) is 9.47 Å². The van der Waals surface area contributed by atoms with Gasteiger partial charge in [0.2, 0.25) is 0 Å². The fraction of sp³-hybridized carbons (Fsp3) is 0.583. The Balaban J connectivity index is 2.78. The molecule has 0 aliphatic carbocycles. The van der Waals surface area contributed by atoms with Crippen molar-refractivity contribution in [2.45, 2.75) is 46.2 Å². The molecule has 0 atom stereocenters. The third-order valence-corrected chi connectivity index (χ3v) is 2.28. The molecule has 0 saturated carbocycles. The van der Waals surface area contributed by atoms with E-state index in [-0.39, 0.29) is 18.5 Å². The maximum Gasteiger partial charge on any atom is 0.185 e. The highest BCUT2D eigenvalue weighted by atomic mass is 79.9. The summed E-state index contributed by atoms with van der Waals surface area (Å²) >= 11 is 3.30. The lowest BCUT2D eigenvalue weighted by molar-refractivity contribution is -0.185. The Kier molecular flexibility index (Phi) is 5.38. The summed E-state index contributed by atoms with van der Waals surface area (Å²) in [7, 11) is 0. The summed E-state index contributed by atoms with van der Waals surface area (Å²) in [6, 6.07) is 3.84. The summed E-state index contributed by atoms with van der Waals surface area (Å²) in [6.07, 6.45) is 1.65. The first-order valence-electron chi connectivity index (χ1n) is 5.41. The molecule has 0 aliphatic rings. The molecule has 16 heavy (non-hydrogen) atoms. The van der Waals surface area contributed by atoms with Gasteiger partial charge in [-0.3, -0.25) is 0 Å². The number of aromatic nitrogens is 1. The molecule has 0 bridgehead atoms. The largest absolute Gasteiger partial charge is 0.346 e. The van der Waals surface area contributed by atoms with Gasteiger partial charge in [0.1, 0.15) is 4.60 Å². The molecule has 4 heteroatoms. The first-order valence-corrected chi connectivity index (χ1v) is 6.20. The third kappa shape index (κ3) is 4.60. The predicted octanol–water partition coefficient (Wildman–Crippen LogP) is 3.69. The second-order valence-corrected chi connectivity index (χ2v) is 4.93. The third-order valence-electron chi connectivity index (χ3n) is 1.81. The Bertz CT molecular complexity index is 301. The van der Waals surface area contributed by atoms with E-state index in [1.54, 1.807) is 6.20 Å². The summed E-state index contributed by atoms with van der Waals surface area (Å²) in [6.45, 7) is 7.96. The van der Waals surface area contributed by atoms with Gasteiger partial charge in [-0.2, -0.15) is 0 Å². The highest BCUT2D eigenvalue weighted by Crippen LogP contribution is 2.22. The summed E-state index contributed by atoms with van der Waals surface area (Å²) in [5.41, 5.74) is 0.936. The quantitative estimate of drug-likeness (QED) is 0.611. The van der Waals surface area contributed by atoms with Crippen LogP contribution in [0.4, 0.5) is 0 Å². The standard InChI is InChI=1S/C12H18BrNO2/c1-8(2)15-12(16-9(3)4)10-5-6-11(13)14-7-10/h5-9,12H,1-4H3. The number of nitrogens with zero attached hydrogens (tertiary/aromatic N) is 1. The number of ether oxygens (including phenoxy) is 2. The molecule has 0 amide bonds. The SMILES string of the molecule is CC(C)OC(OC(C)C)c1ccc(Br)nc1. The Morgan fingerprint density at radius 3 is 2.00 bits per heavy atom. The van der Waals surface area contributed by atoms with Crippen molar-refractivity contribution in [2.24, 2.45) is 0 Å². The fourth-order valence-corrected chi connectivity index (χ4v) is 1.44. The molecule has 1 heterocycles. The summed E-state index contributed by atoms with van der Waals surface area (Å²) in [5.74, 6) is 0. The Hall–Kier alpha value is -0.450. The zero-order valence-corrected chi connectivity index (χ0v) is 11.7. The minimum atomic E-state index is -0.347. The van der Waals surface area contributed by atoms with E-state index in [2.05, 4.69) is 20.9 Å². The smallest absolute Gasteiger partial charge is 0.185 e. The van der Waals surface area contributed by atoms with E-state index in [0.29, 0.717) is 0 Å². The zero-order chi connectivity index (χ0) is 12.1. The van der Waals surface area contributed by atoms with Crippen LogP contribution >= 0.6 is 15.9 Å². The number of hydrogen-bond donors (Lipinski definition) is 0. The van der Waals surface area contributed by atoms with Crippen LogP contribution < -0.4 is 0 Å². The van der Waals surface area contributed by atoms with Gasteiger partial charge in [0, 0.05) is 11.8 Å². The van der Waals surface area contributed by atoms with Crippen LogP contribution in [0.25, 0.3) is 0 Å². The van der Waals surface area contributed by atoms with Crippen LogP contribution in [0.5, 0.6) is 0 Å². The van der Waals surface area contributed by atoms with Crippen molar-refractivity contribution in [1.29, 1.82) is 0 Å². The second kappa shape index (κ2) is 6.33. The monoisotopic (exact) mass is 287 g/mol. The van der Waals surface area contributed by atoms with Crippen molar-refractivity contribution in [1.82, 2.24) is 4.98 Å². The molecule has 0 saturated heterocycles. The number of hydrogen-bond acceptors (Lipinski definition) is 3. The van der Waals surface area contributed by atoms with Gasteiger partial charge in [-0.05, 0) is 55.8 Å². The van der Waals surface area contributed by atoms with E-state index in [4.69, 9.17) is 9.47 Å². The lowest BCUT2D eigenvalue weighted by atomic mass is 10.2. The maximum atomic E-state index is 5.71. The minimum absolute atomic E-state index is 0.118. The second-order valence-electron chi connectivity index (χ2n) is 4.12.